The molecule has 0 amide bonds. The van der Waals surface area contributed by atoms with Crippen LogP contribution in [0.5, 0.6) is 5.75 Å². The van der Waals surface area contributed by atoms with Crippen LogP contribution in [-0.2, 0) is 0 Å². The molecule has 0 spiro atoms. The minimum atomic E-state index is -0.818. The molecule has 0 aliphatic carbocycles. The summed E-state index contributed by atoms with van der Waals surface area (Å²) in [7, 11) is 0. The second kappa shape index (κ2) is 5.42. The highest BCUT2D eigenvalue weighted by molar-refractivity contribution is 9.10. The number of aliphatic hydroxyl groups is 1. The number of nitro groups is 1. The first-order valence-corrected chi connectivity index (χ1v) is 5.60. The number of hydrogen-bond donors (Lipinski definition) is 1. The van der Waals surface area contributed by atoms with Crippen molar-refractivity contribution in [2.75, 3.05) is 0 Å². The van der Waals surface area contributed by atoms with E-state index in [9.17, 15) is 19.6 Å². The molecule has 1 aromatic carbocycles. The number of nitrogens with zero attached hydrogens (tertiary/aromatic N) is 1. The minimum absolute atomic E-state index is 0.0127. The lowest BCUT2D eigenvalue weighted by Crippen LogP contribution is -2.25. The summed E-state index contributed by atoms with van der Waals surface area (Å²) >= 11 is 2.86. The van der Waals surface area contributed by atoms with Gasteiger partial charge in [0.2, 0.25) is 0 Å². The molecule has 0 aliphatic heterocycles. The van der Waals surface area contributed by atoms with E-state index in [1.165, 1.54) is 13.8 Å². The first-order valence-electron chi connectivity index (χ1n) is 4.81. The second-order valence-electron chi connectivity index (χ2n) is 3.55. The van der Waals surface area contributed by atoms with Crippen molar-refractivity contribution in [2.24, 2.45) is 0 Å². The Labute approximate surface area is 105 Å². The van der Waals surface area contributed by atoms with Crippen LogP contribution in [0.25, 0.3) is 0 Å². The third-order valence-corrected chi connectivity index (χ3v) is 2.80. The summed E-state index contributed by atoms with van der Waals surface area (Å²) < 4.78 is 18.4. The van der Waals surface area contributed by atoms with Crippen LogP contribution >= 0.6 is 15.9 Å². The first kappa shape index (κ1) is 13.9. The van der Waals surface area contributed by atoms with Crippen molar-refractivity contribution in [2.45, 2.75) is 26.1 Å². The van der Waals surface area contributed by atoms with Gasteiger partial charge in [0, 0.05) is 12.1 Å². The highest BCUT2D eigenvalue weighted by Crippen LogP contribution is 2.33. The van der Waals surface area contributed by atoms with Crippen molar-refractivity contribution in [3.05, 3.63) is 32.5 Å². The zero-order chi connectivity index (χ0) is 13.2. The number of nitro benzene ring substituents is 1. The Bertz CT molecular complexity index is 439. The average molecular weight is 308 g/mol. The SMILES string of the molecule is CC(O)C(C)Oc1cc(F)c(Br)cc1[N+](=O)[O-]. The molecular formula is C10H11BrFNO4. The highest BCUT2D eigenvalue weighted by Gasteiger charge is 2.22. The van der Waals surface area contributed by atoms with E-state index >= 15 is 0 Å². The molecule has 1 aromatic rings. The van der Waals surface area contributed by atoms with Gasteiger partial charge in [-0.2, -0.15) is 0 Å². The van der Waals surface area contributed by atoms with Gasteiger partial charge in [0.1, 0.15) is 11.9 Å². The van der Waals surface area contributed by atoms with E-state index < -0.39 is 22.9 Å². The Morgan fingerprint density at radius 1 is 1.53 bits per heavy atom. The molecule has 17 heavy (non-hydrogen) atoms. The number of ether oxygens (including phenoxy) is 1. The molecular weight excluding hydrogens is 297 g/mol. The van der Waals surface area contributed by atoms with Crippen LogP contribution in [0.3, 0.4) is 0 Å². The van der Waals surface area contributed by atoms with Gasteiger partial charge in [-0.05, 0) is 29.8 Å². The molecule has 0 bridgehead atoms. The summed E-state index contributed by atoms with van der Waals surface area (Å²) in [6.45, 7) is 3.01. The fourth-order valence-corrected chi connectivity index (χ4v) is 1.39. The van der Waals surface area contributed by atoms with Gasteiger partial charge in [-0.1, -0.05) is 0 Å². The van der Waals surface area contributed by atoms with Crippen molar-refractivity contribution in [3.8, 4) is 5.75 Å². The summed E-state index contributed by atoms with van der Waals surface area (Å²) in [6, 6.07) is 1.94. The van der Waals surface area contributed by atoms with Gasteiger partial charge in [0.15, 0.2) is 5.75 Å². The van der Waals surface area contributed by atoms with E-state index in [2.05, 4.69) is 15.9 Å². The summed E-state index contributed by atoms with van der Waals surface area (Å²) in [5.41, 5.74) is -0.356. The van der Waals surface area contributed by atoms with Gasteiger partial charge in [-0.25, -0.2) is 4.39 Å². The average Bonchev–Trinajstić information content (AvgIpc) is 2.22. The van der Waals surface area contributed by atoms with E-state index in [4.69, 9.17) is 4.74 Å². The largest absolute Gasteiger partial charge is 0.481 e. The standard InChI is InChI=1S/C10H11BrFNO4/c1-5(14)6(2)17-10-4-8(12)7(11)3-9(10)13(15)16/h3-6,14H,1-2H3. The Kier molecular flexibility index (Phi) is 4.41. The van der Waals surface area contributed by atoms with Gasteiger partial charge >= 0.3 is 5.69 Å². The smallest absolute Gasteiger partial charge is 0.312 e. The third kappa shape index (κ3) is 3.37. The predicted octanol–water partition coefficient (Wildman–Crippen LogP) is 2.64. The van der Waals surface area contributed by atoms with Gasteiger partial charge < -0.3 is 9.84 Å². The van der Waals surface area contributed by atoms with Gasteiger partial charge in [-0.15, -0.1) is 0 Å². The molecule has 0 fully saturated rings. The topological polar surface area (TPSA) is 72.6 Å². The van der Waals surface area contributed by atoms with Crippen LogP contribution in [0.4, 0.5) is 10.1 Å². The van der Waals surface area contributed by atoms with Crippen LogP contribution in [0.2, 0.25) is 0 Å². The normalized spacial score (nSPS) is 14.2. The summed E-state index contributed by atoms with van der Waals surface area (Å²) in [6.07, 6.45) is -1.49. The second-order valence-corrected chi connectivity index (χ2v) is 4.41. The number of halogens is 2. The Morgan fingerprint density at radius 2 is 2.12 bits per heavy atom. The summed E-state index contributed by atoms with van der Waals surface area (Å²) in [4.78, 5) is 10.1. The van der Waals surface area contributed by atoms with Gasteiger partial charge in [0.25, 0.3) is 0 Å². The van der Waals surface area contributed by atoms with E-state index in [-0.39, 0.29) is 15.9 Å². The van der Waals surface area contributed by atoms with Crippen LogP contribution in [0.1, 0.15) is 13.8 Å². The number of benzene rings is 1. The molecule has 0 aliphatic rings. The van der Waals surface area contributed by atoms with E-state index in [0.29, 0.717) is 0 Å². The molecule has 0 saturated carbocycles. The third-order valence-electron chi connectivity index (χ3n) is 2.19. The van der Waals surface area contributed by atoms with Crippen LogP contribution < -0.4 is 4.74 Å². The van der Waals surface area contributed by atoms with Crippen molar-refractivity contribution < 1.29 is 19.2 Å². The molecule has 0 radical (unpaired) electrons. The lowest BCUT2D eigenvalue weighted by Gasteiger charge is -2.17. The molecule has 1 rings (SSSR count). The van der Waals surface area contributed by atoms with Gasteiger partial charge in [0.05, 0.1) is 15.5 Å². The van der Waals surface area contributed by atoms with Crippen LogP contribution in [0.15, 0.2) is 16.6 Å². The van der Waals surface area contributed by atoms with Crippen molar-refractivity contribution in [1.29, 1.82) is 0 Å². The molecule has 2 unspecified atom stereocenters. The van der Waals surface area contributed by atoms with Crippen molar-refractivity contribution in [1.82, 2.24) is 0 Å². The fourth-order valence-electron chi connectivity index (χ4n) is 1.05. The monoisotopic (exact) mass is 307 g/mol. The Morgan fingerprint density at radius 3 is 2.59 bits per heavy atom. The van der Waals surface area contributed by atoms with Crippen molar-refractivity contribution in [3.63, 3.8) is 0 Å². The molecule has 0 aromatic heterocycles. The summed E-state index contributed by atoms with van der Waals surface area (Å²) in [5.74, 6) is -0.868. The molecule has 94 valence electrons. The van der Waals surface area contributed by atoms with Crippen LogP contribution in [0, 0.1) is 15.9 Å². The van der Waals surface area contributed by atoms with E-state index in [1.807, 2.05) is 0 Å². The molecule has 0 saturated heterocycles. The lowest BCUT2D eigenvalue weighted by molar-refractivity contribution is -0.386. The first-order chi connectivity index (χ1) is 7.82. The van der Waals surface area contributed by atoms with E-state index in [1.54, 1.807) is 0 Å². The predicted molar refractivity (Wildman–Crippen MR) is 62.5 cm³/mol. The molecule has 1 N–H and O–H groups in total. The number of aliphatic hydroxyl groups excluding tert-OH is 1. The highest BCUT2D eigenvalue weighted by atomic mass is 79.9. The Hall–Kier alpha value is -1.21. The van der Waals surface area contributed by atoms with Crippen LogP contribution in [-0.4, -0.2) is 22.2 Å². The molecule has 5 nitrogen and oxygen atoms in total. The zero-order valence-corrected chi connectivity index (χ0v) is 10.8. The Balaban J connectivity index is 3.13. The lowest BCUT2D eigenvalue weighted by atomic mass is 10.2. The molecule has 0 heterocycles. The number of rotatable bonds is 4. The maximum atomic E-state index is 13.3. The van der Waals surface area contributed by atoms with Crippen molar-refractivity contribution >= 4 is 21.6 Å². The quantitative estimate of drug-likeness (QED) is 0.685. The molecule has 7 heteroatoms. The van der Waals surface area contributed by atoms with E-state index in [0.717, 1.165) is 12.1 Å². The zero-order valence-electron chi connectivity index (χ0n) is 9.18. The summed E-state index contributed by atoms with van der Waals surface area (Å²) in [5, 5.41) is 20.0. The number of hydrogen-bond acceptors (Lipinski definition) is 4. The minimum Gasteiger partial charge on any atom is -0.481 e. The fraction of sp³-hybridized carbons (Fsp3) is 0.400. The maximum absolute atomic E-state index is 13.3. The maximum Gasteiger partial charge on any atom is 0.312 e. The molecule has 2 atom stereocenters. The van der Waals surface area contributed by atoms with Gasteiger partial charge in [-0.3, -0.25) is 10.1 Å².